The van der Waals surface area contributed by atoms with Crippen molar-refractivity contribution in [1.29, 1.82) is 0 Å². The molecule has 120 valence electrons. The number of hydrogen-bond acceptors (Lipinski definition) is 1. The predicted octanol–water partition coefficient (Wildman–Crippen LogP) is 5.16. The van der Waals surface area contributed by atoms with E-state index in [1.807, 2.05) is 19.9 Å². The zero-order chi connectivity index (χ0) is 16.4. The summed E-state index contributed by atoms with van der Waals surface area (Å²) in [6.07, 6.45) is 4.96. The zero-order valence-electron chi connectivity index (χ0n) is 14.5. The number of benzene rings is 2. The van der Waals surface area contributed by atoms with Crippen LogP contribution in [-0.4, -0.2) is 5.78 Å². The highest BCUT2D eigenvalue weighted by atomic mass is 16.1. The lowest BCUT2D eigenvalue weighted by Gasteiger charge is -2.29. The summed E-state index contributed by atoms with van der Waals surface area (Å²) in [7, 11) is 0. The van der Waals surface area contributed by atoms with Crippen molar-refractivity contribution in [3.63, 3.8) is 0 Å². The van der Waals surface area contributed by atoms with Crippen molar-refractivity contribution in [3.05, 3.63) is 69.8 Å². The normalized spacial score (nSPS) is 18.7. The molecule has 1 atom stereocenters. The summed E-state index contributed by atoms with van der Waals surface area (Å²) < 4.78 is 0. The summed E-state index contributed by atoms with van der Waals surface area (Å²) in [6.45, 7) is 6.27. The highest BCUT2D eigenvalue weighted by Crippen LogP contribution is 2.41. The Hall–Kier alpha value is -1.89. The maximum atomic E-state index is 12.2. The van der Waals surface area contributed by atoms with Gasteiger partial charge < -0.3 is 0 Å². The highest BCUT2D eigenvalue weighted by Gasteiger charge is 2.30. The van der Waals surface area contributed by atoms with Gasteiger partial charge in [-0.3, -0.25) is 4.79 Å². The van der Waals surface area contributed by atoms with Crippen molar-refractivity contribution in [1.82, 2.24) is 0 Å². The molecular formula is C22H26O. The van der Waals surface area contributed by atoms with Gasteiger partial charge in [0.2, 0.25) is 0 Å². The van der Waals surface area contributed by atoms with Crippen LogP contribution in [0.5, 0.6) is 0 Å². The first kappa shape index (κ1) is 16.0. The standard InChI is InChI=1S/C20H20O.C2H6/c1-13-18-9-5-8-15(18)10-16-11-17(21)12-19(20(13)16)14-6-3-2-4-7-14;1-2/h2-4,6-7,10,19H,5,8-9,11-12H2,1H3;1-2H3. The van der Waals surface area contributed by atoms with E-state index in [4.69, 9.17) is 0 Å². The second kappa shape index (κ2) is 6.70. The lowest BCUT2D eigenvalue weighted by molar-refractivity contribution is -0.119. The van der Waals surface area contributed by atoms with E-state index in [0.29, 0.717) is 18.6 Å². The molecule has 0 radical (unpaired) electrons. The predicted molar refractivity (Wildman–Crippen MR) is 96.2 cm³/mol. The fourth-order valence-electron chi connectivity index (χ4n) is 4.26. The van der Waals surface area contributed by atoms with Crippen LogP contribution in [0.25, 0.3) is 0 Å². The van der Waals surface area contributed by atoms with Crippen LogP contribution in [0.2, 0.25) is 0 Å². The Bertz CT molecular complexity index is 712. The van der Waals surface area contributed by atoms with E-state index in [9.17, 15) is 4.79 Å². The molecule has 1 unspecified atom stereocenters. The molecule has 0 heterocycles. The lowest BCUT2D eigenvalue weighted by atomic mass is 9.74. The Labute approximate surface area is 139 Å². The molecule has 4 rings (SSSR count). The number of carbonyl (C=O) groups is 1. The summed E-state index contributed by atoms with van der Waals surface area (Å²) in [5.74, 6) is 0.641. The van der Waals surface area contributed by atoms with Crippen LogP contribution in [0, 0.1) is 6.92 Å². The van der Waals surface area contributed by atoms with Gasteiger partial charge in [0.25, 0.3) is 0 Å². The van der Waals surface area contributed by atoms with Gasteiger partial charge in [0.05, 0.1) is 0 Å². The van der Waals surface area contributed by atoms with Crippen LogP contribution in [0.1, 0.15) is 66.0 Å². The van der Waals surface area contributed by atoms with Crippen LogP contribution in [0.3, 0.4) is 0 Å². The molecular weight excluding hydrogens is 280 g/mol. The Kier molecular flexibility index (Phi) is 4.66. The zero-order valence-corrected chi connectivity index (χ0v) is 14.5. The molecule has 0 fully saturated rings. The van der Waals surface area contributed by atoms with E-state index in [-0.39, 0.29) is 5.92 Å². The summed E-state index contributed by atoms with van der Waals surface area (Å²) in [6, 6.07) is 12.9. The lowest BCUT2D eigenvalue weighted by Crippen LogP contribution is -2.21. The number of aryl methyl sites for hydroxylation is 1. The van der Waals surface area contributed by atoms with E-state index in [1.54, 1.807) is 5.56 Å². The Morgan fingerprint density at radius 1 is 1.00 bits per heavy atom. The van der Waals surface area contributed by atoms with Crippen molar-refractivity contribution in [2.24, 2.45) is 0 Å². The average molecular weight is 306 g/mol. The fourth-order valence-corrected chi connectivity index (χ4v) is 4.26. The Morgan fingerprint density at radius 3 is 2.48 bits per heavy atom. The molecule has 0 saturated carbocycles. The first-order valence-electron chi connectivity index (χ1n) is 8.95. The van der Waals surface area contributed by atoms with Gasteiger partial charge in [-0.2, -0.15) is 0 Å². The molecule has 0 aromatic heterocycles. The summed E-state index contributed by atoms with van der Waals surface area (Å²) in [4.78, 5) is 12.2. The van der Waals surface area contributed by atoms with Crippen molar-refractivity contribution in [2.45, 2.75) is 58.8 Å². The third-order valence-corrected chi connectivity index (χ3v) is 5.18. The van der Waals surface area contributed by atoms with E-state index >= 15 is 0 Å². The molecule has 1 nitrogen and oxygen atoms in total. The minimum atomic E-state index is 0.258. The molecule has 0 saturated heterocycles. The minimum absolute atomic E-state index is 0.258. The molecule has 1 heteroatoms. The molecule has 2 aromatic carbocycles. The third-order valence-electron chi connectivity index (χ3n) is 5.18. The number of hydrogen-bond donors (Lipinski definition) is 0. The van der Waals surface area contributed by atoms with Gasteiger partial charge in [0.15, 0.2) is 0 Å². The smallest absolute Gasteiger partial charge is 0.138 e. The van der Waals surface area contributed by atoms with E-state index < -0.39 is 0 Å². The summed E-state index contributed by atoms with van der Waals surface area (Å²) in [5.41, 5.74) is 8.53. The number of ketones is 1. The molecule has 2 aliphatic rings. The van der Waals surface area contributed by atoms with Crippen LogP contribution in [0.15, 0.2) is 36.4 Å². The van der Waals surface area contributed by atoms with Gasteiger partial charge >= 0.3 is 0 Å². The number of rotatable bonds is 1. The average Bonchev–Trinajstić information content (AvgIpc) is 3.05. The summed E-state index contributed by atoms with van der Waals surface area (Å²) in [5, 5.41) is 0. The van der Waals surface area contributed by atoms with Crippen LogP contribution in [0.4, 0.5) is 0 Å². The molecule has 0 N–H and O–H groups in total. The Morgan fingerprint density at radius 2 is 1.74 bits per heavy atom. The quantitative estimate of drug-likeness (QED) is 0.711. The van der Waals surface area contributed by atoms with Gasteiger partial charge in [0, 0.05) is 18.8 Å². The topological polar surface area (TPSA) is 17.1 Å². The van der Waals surface area contributed by atoms with Gasteiger partial charge in [-0.15, -0.1) is 0 Å². The van der Waals surface area contributed by atoms with Gasteiger partial charge in [-0.1, -0.05) is 50.2 Å². The first-order valence-corrected chi connectivity index (χ1v) is 8.95. The van der Waals surface area contributed by atoms with Crippen molar-refractivity contribution in [3.8, 4) is 0 Å². The fraction of sp³-hybridized carbons (Fsp3) is 0.409. The summed E-state index contributed by atoms with van der Waals surface area (Å²) >= 11 is 0. The third kappa shape index (κ3) is 2.85. The monoisotopic (exact) mass is 306 g/mol. The minimum Gasteiger partial charge on any atom is -0.299 e. The van der Waals surface area contributed by atoms with E-state index in [0.717, 1.165) is 0 Å². The maximum Gasteiger partial charge on any atom is 0.138 e. The second-order valence-electron chi connectivity index (χ2n) is 6.45. The Balaban J connectivity index is 0.000000753. The SMILES string of the molecule is CC.Cc1c2c(cc3c1C(c1ccccc1)CC(=O)C3)CCC2. The second-order valence-corrected chi connectivity index (χ2v) is 6.45. The van der Waals surface area contributed by atoms with Gasteiger partial charge in [0.1, 0.15) is 5.78 Å². The van der Waals surface area contributed by atoms with Crippen molar-refractivity contribution in [2.75, 3.05) is 0 Å². The number of Topliss-reactive ketones (excluding diaryl/α,β-unsaturated/α-hetero) is 1. The largest absolute Gasteiger partial charge is 0.299 e. The van der Waals surface area contributed by atoms with Crippen molar-refractivity contribution < 1.29 is 4.79 Å². The maximum absolute atomic E-state index is 12.2. The van der Waals surface area contributed by atoms with Gasteiger partial charge in [-0.25, -0.2) is 0 Å². The first-order chi connectivity index (χ1) is 11.2. The van der Waals surface area contributed by atoms with E-state index in [1.165, 1.54) is 47.1 Å². The number of fused-ring (bicyclic) bond motifs is 2. The molecule has 0 bridgehead atoms. The molecule has 0 spiro atoms. The van der Waals surface area contributed by atoms with Gasteiger partial charge in [-0.05, 0) is 59.6 Å². The van der Waals surface area contributed by atoms with Crippen LogP contribution < -0.4 is 0 Å². The highest BCUT2D eigenvalue weighted by molar-refractivity contribution is 5.85. The molecule has 2 aromatic rings. The molecule has 0 aliphatic heterocycles. The number of carbonyl (C=O) groups excluding carboxylic acids is 1. The molecule has 23 heavy (non-hydrogen) atoms. The van der Waals surface area contributed by atoms with Crippen LogP contribution in [-0.2, 0) is 24.1 Å². The van der Waals surface area contributed by atoms with E-state index in [2.05, 4.69) is 37.3 Å². The van der Waals surface area contributed by atoms with Crippen molar-refractivity contribution >= 4 is 5.78 Å². The molecule has 2 aliphatic carbocycles. The molecule has 0 amide bonds. The van der Waals surface area contributed by atoms with Crippen LogP contribution >= 0.6 is 0 Å².